The van der Waals surface area contributed by atoms with E-state index in [2.05, 4.69) is 29.5 Å². The van der Waals surface area contributed by atoms with Gasteiger partial charge in [-0.25, -0.2) is 13.2 Å². The molecule has 25 heavy (non-hydrogen) atoms. The maximum atomic E-state index is 12.6. The van der Waals surface area contributed by atoms with E-state index in [1.165, 1.54) is 19.4 Å². The van der Waals surface area contributed by atoms with Gasteiger partial charge in [0, 0.05) is 13.5 Å². The van der Waals surface area contributed by atoms with Gasteiger partial charge in [-0.1, -0.05) is 25.7 Å². The van der Waals surface area contributed by atoms with Crippen LogP contribution in [0.5, 0.6) is 0 Å². The first-order valence-electron chi connectivity index (χ1n) is 7.80. The van der Waals surface area contributed by atoms with Crippen molar-refractivity contribution in [3.05, 3.63) is 35.7 Å². The minimum Gasteiger partial charge on any atom is -0.464 e. The molecule has 0 aliphatic carbocycles. The molecule has 0 unspecified atom stereocenters. The molecule has 0 radical (unpaired) electrons. The Hall–Kier alpha value is -2.13. The number of hydrogen-bond donors (Lipinski definition) is 1. The molecule has 0 saturated carbocycles. The molecule has 2 N–H and O–H groups in total. The van der Waals surface area contributed by atoms with Crippen molar-refractivity contribution in [3.63, 3.8) is 0 Å². The van der Waals surface area contributed by atoms with Crippen molar-refractivity contribution in [2.45, 2.75) is 25.7 Å². The molecule has 1 aromatic heterocycles. The van der Waals surface area contributed by atoms with Gasteiger partial charge in [-0.15, -0.1) is 0 Å². The predicted octanol–water partition coefficient (Wildman–Crippen LogP) is 2.02. The third-order valence-electron chi connectivity index (χ3n) is 3.68. The Kier molecular flexibility index (Phi) is 5.38. The van der Waals surface area contributed by atoms with Crippen molar-refractivity contribution < 1.29 is 17.9 Å². The SMILES string of the molecule is COC(=O)C(N)=Cc1ccc2c(cnn2S(=O)(=O)CC[Si](C)(C)C)c1. The lowest BCUT2D eigenvalue weighted by atomic mass is 10.1. The van der Waals surface area contributed by atoms with E-state index in [0.29, 0.717) is 22.5 Å². The van der Waals surface area contributed by atoms with E-state index in [1.807, 2.05) is 0 Å². The second-order valence-corrected chi connectivity index (χ2v) is 14.6. The van der Waals surface area contributed by atoms with E-state index >= 15 is 0 Å². The molecule has 7 nitrogen and oxygen atoms in total. The van der Waals surface area contributed by atoms with Crippen LogP contribution in [0.25, 0.3) is 17.0 Å². The molecule has 0 aliphatic heterocycles. The smallest absolute Gasteiger partial charge is 0.353 e. The lowest BCUT2D eigenvalue weighted by Gasteiger charge is -2.15. The molecule has 9 heteroatoms. The summed E-state index contributed by atoms with van der Waals surface area (Å²) in [5.74, 6) is -0.541. The van der Waals surface area contributed by atoms with Crippen molar-refractivity contribution in [2.75, 3.05) is 12.9 Å². The van der Waals surface area contributed by atoms with Gasteiger partial charge in [-0.3, -0.25) is 0 Å². The Morgan fingerprint density at radius 1 is 1.36 bits per heavy atom. The number of ether oxygens (including phenoxy) is 1. The molecule has 1 heterocycles. The van der Waals surface area contributed by atoms with Gasteiger partial charge >= 0.3 is 5.97 Å². The summed E-state index contributed by atoms with van der Waals surface area (Å²) in [5, 5.41) is 4.70. The molecule has 0 fully saturated rings. The Morgan fingerprint density at radius 3 is 2.64 bits per heavy atom. The summed E-state index contributed by atoms with van der Waals surface area (Å²) in [6.07, 6.45) is 2.97. The van der Waals surface area contributed by atoms with Gasteiger partial charge in [-0.05, 0) is 29.8 Å². The van der Waals surface area contributed by atoms with Crippen LogP contribution in [0, 0.1) is 0 Å². The molecule has 2 rings (SSSR count). The monoisotopic (exact) mass is 381 g/mol. The fourth-order valence-corrected chi connectivity index (χ4v) is 6.53. The van der Waals surface area contributed by atoms with Crippen molar-refractivity contribution >= 4 is 41.0 Å². The molecule has 0 spiro atoms. The van der Waals surface area contributed by atoms with E-state index < -0.39 is 24.1 Å². The molecule has 0 bridgehead atoms. The Balaban J connectivity index is 2.36. The standard InChI is InChI=1S/C16H23N3O4SSi/c1-23-16(20)14(17)10-12-5-6-15-13(9-12)11-18-19(15)24(21,22)7-8-25(2,3)4/h5-6,9-11H,7-8,17H2,1-4H3. The number of carbonyl (C=O) groups is 1. The van der Waals surface area contributed by atoms with E-state index in [0.717, 1.165) is 4.09 Å². The van der Waals surface area contributed by atoms with Gasteiger partial charge in [0.1, 0.15) is 5.70 Å². The number of carbonyl (C=O) groups excluding carboxylic acids is 1. The average Bonchev–Trinajstić information content (AvgIpc) is 2.95. The van der Waals surface area contributed by atoms with Crippen molar-refractivity contribution in [2.24, 2.45) is 5.73 Å². The predicted molar refractivity (Wildman–Crippen MR) is 101 cm³/mol. The zero-order valence-electron chi connectivity index (χ0n) is 14.8. The number of aromatic nitrogens is 2. The number of esters is 1. The quantitative estimate of drug-likeness (QED) is 0.466. The Morgan fingerprint density at radius 2 is 2.04 bits per heavy atom. The van der Waals surface area contributed by atoms with Gasteiger partial charge in [0.25, 0.3) is 10.0 Å². The van der Waals surface area contributed by atoms with Crippen molar-refractivity contribution in [1.82, 2.24) is 9.19 Å². The summed E-state index contributed by atoms with van der Waals surface area (Å²) in [7, 11) is -3.73. The molecule has 1 aromatic carbocycles. The maximum Gasteiger partial charge on any atom is 0.353 e. The number of methoxy groups -OCH3 is 1. The van der Waals surface area contributed by atoms with Gasteiger partial charge in [0.2, 0.25) is 0 Å². The minimum atomic E-state index is -3.50. The first kappa shape index (κ1) is 19.2. The van der Waals surface area contributed by atoms with Crippen molar-refractivity contribution in [3.8, 4) is 0 Å². The van der Waals surface area contributed by atoms with Crippen LogP contribution in [0.3, 0.4) is 0 Å². The first-order valence-corrected chi connectivity index (χ1v) is 13.1. The number of nitrogens with zero attached hydrogens (tertiary/aromatic N) is 2. The average molecular weight is 382 g/mol. The second-order valence-electron chi connectivity index (χ2n) is 7.02. The number of benzene rings is 1. The van der Waals surface area contributed by atoms with Gasteiger partial charge < -0.3 is 10.5 Å². The topological polar surface area (TPSA) is 104 Å². The summed E-state index contributed by atoms with van der Waals surface area (Å²) < 4.78 is 30.8. The molecular formula is C16H23N3O4SSi. The molecule has 136 valence electrons. The first-order chi connectivity index (χ1) is 11.5. The highest BCUT2D eigenvalue weighted by atomic mass is 32.2. The van der Waals surface area contributed by atoms with Gasteiger partial charge in [0.05, 0.1) is 24.6 Å². The number of nitrogens with two attached hydrogens (primary N) is 1. The zero-order valence-corrected chi connectivity index (χ0v) is 16.6. The minimum absolute atomic E-state index is 0.0306. The fourth-order valence-electron chi connectivity index (χ4n) is 2.22. The lowest BCUT2D eigenvalue weighted by Crippen LogP contribution is -2.27. The second kappa shape index (κ2) is 7.01. The Bertz CT molecular complexity index is 926. The summed E-state index contributed by atoms with van der Waals surface area (Å²) in [6, 6.07) is 5.74. The molecule has 0 atom stereocenters. The molecule has 0 saturated heterocycles. The molecular weight excluding hydrogens is 358 g/mol. The van der Waals surface area contributed by atoms with Gasteiger partial charge in [0.15, 0.2) is 0 Å². The lowest BCUT2D eigenvalue weighted by molar-refractivity contribution is -0.136. The zero-order chi connectivity index (χ0) is 18.8. The van der Waals surface area contributed by atoms with Crippen LogP contribution in [0.1, 0.15) is 5.56 Å². The maximum absolute atomic E-state index is 12.6. The van der Waals surface area contributed by atoms with Crippen LogP contribution in [-0.2, 0) is 19.6 Å². The van der Waals surface area contributed by atoms with E-state index in [9.17, 15) is 13.2 Å². The van der Waals surface area contributed by atoms with Gasteiger partial charge in [-0.2, -0.15) is 9.19 Å². The largest absolute Gasteiger partial charge is 0.464 e. The number of rotatable bonds is 6. The van der Waals surface area contributed by atoms with Crippen molar-refractivity contribution in [1.29, 1.82) is 0 Å². The Labute approximate surface area is 148 Å². The highest BCUT2D eigenvalue weighted by Crippen LogP contribution is 2.20. The summed E-state index contributed by atoms with van der Waals surface area (Å²) in [6.45, 7) is 6.40. The molecule has 0 amide bonds. The third-order valence-corrected chi connectivity index (χ3v) is 7.33. The van der Waals surface area contributed by atoms with Crippen LogP contribution in [-0.4, -0.2) is 44.5 Å². The number of fused-ring (bicyclic) bond motifs is 1. The highest BCUT2D eigenvalue weighted by Gasteiger charge is 2.22. The fraction of sp³-hybridized carbons (Fsp3) is 0.375. The van der Waals surface area contributed by atoms with Crippen LogP contribution in [0.4, 0.5) is 0 Å². The van der Waals surface area contributed by atoms with Crippen LogP contribution < -0.4 is 5.73 Å². The summed E-state index contributed by atoms with van der Waals surface area (Å²) >= 11 is 0. The molecule has 2 aromatic rings. The summed E-state index contributed by atoms with van der Waals surface area (Å²) in [4.78, 5) is 11.4. The number of hydrogen-bond acceptors (Lipinski definition) is 6. The third kappa shape index (κ3) is 4.70. The van der Waals surface area contributed by atoms with Crippen LogP contribution in [0.2, 0.25) is 25.7 Å². The van der Waals surface area contributed by atoms with E-state index in [4.69, 9.17) is 5.73 Å². The highest BCUT2D eigenvalue weighted by molar-refractivity contribution is 7.90. The summed E-state index contributed by atoms with van der Waals surface area (Å²) in [5.41, 5.74) is 6.77. The molecule has 0 aliphatic rings. The van der Waals surface area contributed by atoms with E-state index in [-0.39, 0.29) is 11.4 Å². The van der Waals surface area contributed by atoms with E-state index in [1.54, 1.807) is 18.2 Å². The van der Waals surface area contributed by atoms with Crippen LogP contribution >= 0.6 is 0 Å². The normalized spacial score (nSPS) is 13.2. The van der Waals surface area contributed by atoms with Crippen LogP contribution in [0.15, 0.2) is 30.1 Å².